The van der Waals surface area contributed by atoms with E-state index in [0.29, 0.717) is 10.0 Å². The SMILES string of the molecule is Cc1ccc(F)c(NC(=O)c2cncc(Br)c2)c1. The zero-order chi connectivity index (χ0) is 13.1. The third kappa shape index (κ3) is 2.92. The highest BCUT2D eigenvalue weighted by molar-refractivity contribution is 9.10. The summed E-state index contributed by atoms with van der Waals surface area (Å²) in [6.45, 7) is 1.83. The highest BCUT2D eigenvalue weighted by Crippen LogP contribution is 2.17. The Morgan fingerprint density at radius 1 is 1.33 bits per heavy atom. The lowest BCUT2D eigenvalue weighted by Crippen LogP contribution is -2.13. The molecule has 0 bridgehead atoms. The van der Waals surface area contributed by atoms with E-state index in [-0.39, 0.29) is 5.69 Å². The quantitative estimate of drug-likeness (QED) is 0.922. The van der Waals surface area contributed by atoms with E-state index < -0.39 is 11.7 Å². The zero-order valence-electron chi connectivity index (χ0n) is 9.58. The van der Waals surface area contributed by atoms with Gasteiger partial charge in [-0.25, -0.2) is 4.39 Å². The fourth-order valence-corrected chi connectivity index (χ4v) is 1.83. The van der Waals surface area contributed by atoms with E-state index in [1.807, 2.05) is 6.92 Å². The van der Waals surface area contributed by atoms with Crippen molar-refractivity contribution >= 4 is 27.5 Å². The maximum atomic E-state index is 13.5. The molecule has 0 unspecified atom stereocenters. The van der Waals surface area contributed by atoms with Crippen LogP contribution in [0.4, 0.5) is 10.1 Å². The molecule has 1 heterocycles. The molecule has 1 aromatic carbocycles. The van der Waals surface area contributed by atoms with Crippen LogP contribution >= 0.6 is 15.9 Å². The highest BCUT2D eigenvalue weighted by atomic mass is 79.9. The van der Waals surface area contributed by atoms with Gasteiger partial charge in [0.1, 0.15) is 5.82 Å². The summed E-state index contributed by atoms with van der Waals surface area (Å²) in [5, 5.41) is 2.52. The number of aryl methyl sites for hydroxylation is 1. The number of aromatic nitrogens is 1. The van der Waals surface area contributed by atoms with Crippen LogP contribution in [-0.2, 0) is 0 Å². The summed E-state index contributed by atoms with van der Waals surface area (Å²) in [6.07, 6.45) is 3.00. The highest BCUT2D eigenvalue weighted by Gasteiger charge is 2.10. The third-order valence-corrected chi connectivity index (χ3v) is 2.77. The number of hydrogen-bond donors (Lipinski definition) is 1. The average molecular weight is 309 g/mol. The van der Waals surface area contributed by atoms with Gasteiger partial charge in [-0.3, -0.25) is 9.78 Å². The minimum atomic E-state index is -0.461. The van der Waals surface area contributed by atoms with Crippen molar-refractivity contribution in [2.24, 2.45) is 0 Å². The molecule has 3 nitrogen and oxygen atoms in total. The third-order valence-electron chi connectivity index (χ3n) is 2.34. The van der Waals surface area contributed by atoms with Gasteiger partial charge in [0.05, 0.1) is 11.3 Å². The number of hydrogen-bond acceptors (Lipinski definition) is 2. The van der Waals surface area contributed by atoms with Crippen molar-refractivity contribution in [1.82, 2.24) is 4.98 Å². The molecule has 0 spiro atoms. The summed E-state index contributed by atoms with van der Waals surface area (Å²) in [5.74, 6) is -0.856. The van der Waals surface area contributed by atoms with E-state index in [0.717, 1.165) is 5.56 Å². The molecule has 0 saturated heterocycles. The van der Waals surface area contributed by atoms with Gasteiger partial charge >= 0.3 is 0 Å². The molecule has 0 fully saturated rings. The normalized spacial score (nSPS) is 10.2. The summed E-state index contributed by atoms with van der Waals surface area (Å²) in [6, 6.07) is 6.17. The molecule has 0 aliphatic carbocycles. The molecule has 0 saturated carbocycles. The van der Waals surface area contributed by atoms with Gasteiger partial charge in [0.2, 0.25) is 0 Å². The number of benzene rings is 1. The standard InChI is InChI=1S/C13H10BrFN2O/c1-8-2-3-11(15)12(4-8)17-13(18)9-5-10(14)7-16-6-9/h2-7H,1H3,(H,17,18). The summed E-state index contributed by atoms with van der Waals surface area (Å²) in [5.41, 5.74) is 1.41. The maximum Gasteiger partial charge on any atom is 0.257 e. The number of nitrogens with zero attached hydrogens (tertiary/aromatic N) is 1. The van der Waals surface area contributed by atoms with Crippen molar-refractivity contribution in [3.8, 4) is 0 Å². The monoisotopic (exact) mass is 308 g/mol. The number of carbonyl (C=O) groups is 1. The van der Waals surface area contributed by atoms with Gasteiger partial charge in [0.25, 0.3) is 5.91 Å². The van der Waals surface area contributed by atoms with E-state index in [9.17, 15) is 9.18 Å². The van der Waals surface area contributed by atoms with Crippen LogP contribution in [0.25, 0.3) is 0 Å². The molecule has 5 heteroatoms. The van der Waals surface area contributed by atoms with Crippen LogP contribution in [-0.4, -0.2) is 10.9 Å². The van der Waals surface area contributed by atoms with E-state index in [1.165, 1.54) is 12.3 Å². The predicted molar refractivity (Wildman–Crippen MR) is 71.0 cm³/mol. The van der Waals surface area contributed by atoms with Gasteiger partial charge in [-0.15, -0.1) is 0 Å². The minimum absolute atomic E-state index is 0.167. The smallest absolute Gasteiger partial charge is 0.257 e. The molecule has 0 aliphatic rings. The van der Waals surface area contributed by atoms with Gasteiger partial charge < -0.3 is 5.32 Å². The predicted octanol–water partition coefficient (Wildman–Crippen LogP) is 3.54. The van der Waals surface area contributed by atoms with E-state index in [1.54, 1.807) is 24.4 Å². The molecular weight excluding hydrogens is 299 g/mol. The average Bonchev–Trinajstić information content (AvgIpc) is 2.34. The topological polar surface area (TPSA) is 42.0 Å². The molecule has 18 heavy (non-hydrogen) atoms. The van der Waals surface area contributed by atoms with Crippen molar-refractivity contribution < 1.29 is 9.18 Å². The van der Waals surface area contributed by atoms with Crippen molar-refractivity contribution in [3.63, 3.8) is 0 Å². The summed E-state index contributed by atoms with van der Waals surface area (Å²) < 4.78 is 14.2. The fraction of sp³-hybridized carbons (Fsp3) is 0.0769. The van der Waals surface area contributed by atoms with Crippen molar-refractivity contribution in [2.75, 3.05) is 5.32 Å². The molecule has 0 aliphatic heterocycles. The molecule has 1 aromatic heterocycles. The van der Waals surface area contributed by atoms with Crippen molar-refractivity contribution in [3.05, 3.63) is 58.1 Å². The second-order valence-corrected chi connectivity index (χ2v) is 4.74. The largest absolute Gasteiger partial charge is 0.319 e. The molecule has 92 valence electrons. The van der Waals surface area contributed by atoms with Gasteiger partial charge in [-0.05, 0) is 46.6 Å². The lowest BCUT2D eigenvalue weighted by atomic mass is 10.2. The van der Waals surface area contributed by atoms with Gasteiger partial charge in [-0.1, -0.05) is 6.07 Å². The molecule has 0 atom stereocenters. The molecule has 1 amide bonds. The molecular formula is C13H10BrFN2O. The van der Waals surface area contributed by atoms with E-state index >= 15 is 0 Å². The second kappa shape index (κ2) is 5.27. The lowest BCUT2D eigenvalue weighted by Gasteiger charge is -2.07. The van der Waals surface area contributed by atoms with Gasteiger partial charge in [0.15, 0.2) is 0 Å². The molecule has 2 aromatic rings. The van der Waals surface area contributed by atoms with E-state index in [2.05, 4.69) is 26.2 Å². The Morgan fingerprint density at radius 2 is 2.11 bits per heavy atom. The Hall–Kier alpha value is -1.75. The summed E-state index contributed by atoms with van der Waals surface area (Å²) >= 11 is 3.23. The number of anilines is 1. The van der Waals surface area contributed by atoms with Crippen molar-refractivity contribution in [1.29, 1.82) is 0 Å². The van der Waals surface area contributed by atoms with Crippen LogP contribution in [0.2, 0.25) is 0 Å². The second-order valence-electron chi connectivity index (χ2n) is 3.83. The zero-order valence-corrected chi connectivity index (χ0v) is 11.2. The van der Waals surface area contributed by atoms with Crippen LogP contribution in [0.1, 0.15) is 15.9 Å². The molecule has 1 N–H and O–H groups in total. The number of nitrogens with one attached hydrogen (secondary N) is 1. The number of amides is 1. The van der Waals surface area contributed by atoms with Crippen LogP contribution < -0.4 is 5.32 Å². The lowest BCUT2D eigenvalue weighted by molar-refractivity contribution is 0.102. The fourth-order valence-electron chi connectivity index (χ4n) is 1.47. The number of carbonyl (C=O) groups excluding carboxylic acids is 1. The summed E-state index contributed by atoms with van der Waals surface area (Å²) in [7, 11) is 0. The van der Waals surface area contributed by atoms with Crippen LogP contribution in [0.3, 0.4) is 0 Å². The van der Waals surface area contributed by atoms with Gasteiger partial charge in [-0.2, -0.15) is 0 Å². The first kappa shape index (κ1) is 12.7. The summed E-state index contributed by atoms with van der Waals surface area (Å²) in [4.78, 5) is 15.8. The van der Waals surface area contributed by atoms with Crippen LogP contribution in [0.15, 0.2) is 41.1 Å². The number of halogens is 2. The van der Waals surface area contributed by atoms with E-state index in [4.69, 9.17) is 0 Å². The number of rotatable bonds is 2. The van der Waals surface area contributed by atoms with Crippen LogP contribution in [0.5, 0.6) is 0 Å². The maximum absolute atomic E-state index is 13.5. The first-order valence-electron chi connectivity index (χ1n) is 5.24. The Morgan fingerprint density at radius 3 is 2.83 bits per heavy atom. The van der Waals surface area contributed by atoms with Crippen molar-refractivity contribution in [2.45, 2.75) is 6.92 Å². The minimum Gasteiger partial charge on any atom is -0.319 e. The first-order chi connectivity index (χ1) is 8.56. The Balaban J connectivity index is 2.24. The van der Waals surface area contributed by atoms with Crippen LogP contribution in [0, 0.1) is 12.7 Å². The Bertz CT molecular complexity index is 601. The molecule has 2 rings (SSSR count). The number of pyridine rings is 1. The first-order valence-corrected chi connectivity index (χ1v) is 6.03. The molecule has 0 radical (unpaired) electrons. The Labute approximate surface area is 112 Å². The van der Waals surface area contributed by atoms with Gasteiger partial charge in [0, 0.05) is 16.9 Å². The Kier molecular flexibility index (Phi) is 3.72.